The zero-order valence-corrected chi connectivity index (χ0v) is 17.4. The molecule has 0 amide bonds. The van der Waals surface area contributed by atoms with Gasteiger partial charge in [0, 0.05) is 37.6 Å². The maximum Gasteiger partial charge on any atom is 0.232 e. The first kappa shape index (κ1) is 19.3. The van der Waals surface area contributed by atoms with E-state index in [0.29, 0.717) is 22.3 Å². The normalized spacial score (nSPS) is 17.5. The van der Waals surface area contributed by atoms with Gasteiger partial charge in [0.25, 0.3) is 0 Å². The topological polar surface area (TPSA) is 78.9 Å². The van der Waals surface area contributed by atoms with Crippen molar-refractivity contribution in [3.05, 3.63) is 24.5 Å². The molecule has 0 aromatic carbocycles. The van der Waals surface area contributed by atoms with Crippen LogP contribution in [-0.4, -0.2) is 44.2 Å². The van der Waals surface area contributed by atoms with Gasteiger partial charge in [0.1, 0.15) is 10.8 Å². The fourth-order valence-corrected chi connectivity index (χ4v) is 4.60. The molecule has 0 spiro atoms. The average molecular weight is 416 g/mol. The monoisotopic (exact) mass is 415 g/mol. The molecule has 4 rings (SSSR count). The molecule has 148 valence electrons. The van der Waals surface area contributed by atoms with E-state index in [2.05, 4.69) is 30.5 Å². The minimum absolute atomic E-state index is 0.455. The van der Waals surface area contributed by atoms with Crippen molar-refractivity contribution in [1.29, 1.82) is 0 Å². The van der Waals surface area contributed by atoms with Crippen LogP contribution in [0.3, 0.4) is 0 Å². The third-order valence-corrected chi connectivity index (χ3v) is 6.05. The Morgan fingerprint density at radius 2 is 1.79 bits per heavy atom. The molecule has 3 heterocycles. The van der Waals surface area contributed by atoms with Crippen molar-refractivity contribution in [3.8, 4) is 0 Å². The van der Waals surface area contributed by atoms with Crippen molar-refractivity contribution in [2.75, 3.05) is 23.3 Å². The lowest BCUT2D eigenvalue weighted by atomic mass is 10.1. The number of rotatable bonds is 5. The van der Waals surface area contributed by atoms with Crippen LogP contribution < -0.4 is 15.5 Å². The van der Waals surface area contributed by atoms with Gasteiger partial charge in [-0.05, 0) is 62.2 Å². The molecule has 28 heavy (non-hydrogen) atoms. The van der Waals surface area contributed by atoms with Gasteiger partial charge in [0.15, 0.2) is 10.3 Å². The molecule has 1 saturated heterocycles. The van der Waals surface area contributed by atoms with Crippen LogP contribution in [-0.2, 0) is 0 Å². The van der Waals surface area contributed by atoms with E-state index in [1.165, 1.54) is 56.7 Å². The van der Waals surface area contributed by atoms with Gasteiger partial charge in [-0.25, -0.2) is 15.0 Å². The highest BCUT2D eigenvalue weighted by molar-refractivity contribution is 7.99. The average Bonchev–Trinajstić information content (AvgIpc) is 3.22. The van der Waals surface area contributed by atoms with E-state index in [4.69, 9.17) is 17.2 Å². The molecule has 2 aromatic rings. The summed E-state index contributed by atoms with van der Waals surface area (Å²) in [5, 5.41) is 8.66. The molecule has 2 N–H and O–H groups in total. The number of piperidine rings is 1. The molecule has 0 radical (unpaired) electrons. The largest absolute Gasteiger partial charge is 0.360 e. The van der Waals surface area contributed by atoms with Gasteiger partial charge < -0.3 is 15.5 Å². The molecule has 2 fully saturated rings. The molecule has 7 nitrogen and oxygen atoms in total. The highest BCUT2D eigenvalue weighted by Crippen LogP contribution is 2.28. The summed E-state index contributed by atoms with van der Waals surface area (Å²) in [5.74, 6) is 1.45. The predicted molar refractivity (Wildman–Crippen MR) is 116 cm³/mol. The van der Waals surface area contributed by atoms with Crippen LogP contribution in [0.2, 0.25) is 0 Å². The fraction of sp³-hybridized carbons (Fsp3) is 0.526. The summed E-state index contributed by atoms with van der Waals surface area (Å²) in [4.78, 5) is 20.3. The van der Waals surface area contributed by atoms with Gasteiger partial charge in [-0.1, -0.05) is 12.8 Å². The first-order valence-corrected chi connectivity index (χ1v) is 11.2. The molecule has 0 unspecified atom stereocenters. The zero-order chi connectivity index (χ0) is 19.2. The molecule has 1 aliphatic carbocycles. The van der Waals surface area contributed by atoms with Crippen LogP contribution in [0.25, 0.3) is 0 Å². The lowest BCUT2D eigenvalue weighted by molar-refractivity contribution is 0.572. The Morgan fingerprint density at radius 3 is 2.54 bits per heavy atom. The SMILES string of the molecule is S=C(Nc1nc(Sc2ncccn2)cc(N2CCCCC2)n1)NC1CCCC1. The van der Waals surface area contributed by atoms with Crippen molar-refractivity contribution in [2.24, 2.45) is 0 Å². The van der Waals surface area contributed by atoms with Crippen molar-refractivity contribution in [1.82, 2.24) is 25.3 Å². The summed E-state index contributed by atoms with van der Waals surface area (Å²) in [6, 6.07) is 4.28. The molecular weight excluding hydrogens is 390 g/mol. The minimum Gasteiger partial charge on any atom is -0.360 e. The Hall–Kier alpha value is -2.00. The van der Waals surface area contributed by atoms with Gasteiger partial charge in [-0.15, -0.1) is 0 Å². The molecule has 2 aromatic heterocycles. The summed E-state index contributed by atoms with van der Waals surface area (Å²) in [6.07, 6.45) is 12.0. The van der Waals surface area contributed by atoms with Crippen molar-refractivity contribution < 1.29 is 0 Å². The van der Waals surface area contributed by atoms with Gasteiger partial charge in [-0.2, -0.15) is 4.98 Å². The second-order valence-electron chi connectivity index (χ2n) is 7.15. The number of anilines is 2. The summed E-state index contributed by atoms with van der Waals surface area (Å²) >= 11 is 6.93. The predicted octanol–water partition coefficient (Wildman–Crippen LogP) is 3.64. The quantitative estimate of drug-likeness (QED) is 0.432. The summed E-state index contributed by atoms with van der Waals surface area (Å²) < 4.78 is 0. The zero-order valence-electron chi connectivity index (χ0n) is 15.8. The van der Waals surface area contributed by atoms with Gasteiger partial charge >= 0.3 is 0 Å². The first-order chi connectivity index (χ1) is 13.8. The van der Waals surface area contributed by atoms with Crippen LogP contribution in [0.4, 0.5) is 11.8 Å². The Bertz CT molecular complexity index is 790. The Labute approximate surface area is 175 Å². The number of hydrogen-bond acceptors (Lipinski definition) is 7. The third kappa shape index (κ3) is 5.29. The number of thiocarbonyl (C=S) groups is 1. The van der Waals surface area contributed by atoms with Gasteiger partial charge in [0.05, 0.1) is 0 Å². The van der Waals surface area contributed by atoms with Crippen LogP contribution in [0.1, 0.15) is 44.9 Å². The number of aromatic nitrogens is 4. The molecule has 1 aliphatic heterocycles. The highest BCUT2D eigenvalue weighted by atomic mass is 32.2. The van der Waals surface area contributed by atoms with Crippen molar-refractivity contribution in [3.63, 3.8) is 0 Å². The Morgan fingerprint density at radius 1 is 1.04 bits per heavy atom. The number of nitrogens with one attached hydrogen (secondary N) is 2. The van der Waals surface area contributed by atoms with Crippen LogP contribution in [0.5, 0.6) is 0 Å². The standard InChI is InChI=1S/C19H25N7S2/c27-18(22-14-7-2-3-8-14)25-17-23-15(26-11-4-1-5-12-26)13-16(24-17)28-19-20-9-6-10-21-19/h6,9-10,13-14H,1-5,7-8,11-12H2,(H2,22,23,24,25,27). The lowest BCUT2D eigenvalue weighted by Crippen LogP contribution is -2.36. The second kappa shape index (κ2) is 9.47. The summed E-state index contributed by atoms with van der Waals surface area (Å²) in [6.45, 7) is 2.04. The van der Waals surface area contributed by atoms with E-state index in [0.717, 1.165) is 23.9 Å². The fourth-order valence-electron chi connectivity index (χ4n) is 3.63. The first-order valence-electron chi connectivity index (χ1n) is 9.93. The number of hydrogen-bond donors (Lipinski definition) is 2. The van der Waals surface area contributed by atoms with E-state index >= 15 is 0 Å². The molecule has 2 aliphatic rings. The minimum atomic E-state index is 0.455. The second-order valence-corrected chi connectivity index (χ2v) is 8.54. The van der Waals surface area contributed by atoms with E-state index in [-0.39, 0.29) is 0 Å². The van der Waals surface area contributed by atoms with Crippen molar-refractivity contribution >= 4 is 40.9 Å². The number of nitrogens with zero attached hydrogens (tertiary/aromatic N) is 5. The maximum atomic E-state index is 5.50. The molecule has 9 heteroatoms. The molecule has 0 atom stereocenters. The molecule has 0 bridgehead atoms. The summed E-state index contributed by atoms with van der Waals surface area (Å²) in [7, 11) is 0. The van der Waals surface area contributed by atoms with Crippen LogP contribution >= 0.6 is 24.0 Å². The van der Waals surface area contributed by atoms with Crippen LogP contribution in [0.15, 0.2) is 34.7 Å². The van der Waals surface area contributed by atoms with Gasteiger partial charge in [-0.3, -0.25) is 0 Å². The van der Waals surface area contributed by atoms with E-state index in [1.807, 2.05) is 12.1 Å². The lowest BCUT2D eigenvalue weighted by Gasteiger charge is -2.28. The summed E-state index contributed by atoms with van der Waals surface area (Å²) in [5.41, 5.74) is 0. The van der Waals surface area contributed by atoms with Gasteiger partial charge in [0.2, 0.25) is 5.95 Å². The smallest absolute Gasteiger partial charge is 0.232 e. The Balaban J connectivity index is 1.53. The highest BCUT2D eigenvalue weighted by Gasteiger charge is 2.18. The van der Waals surface area contributed by atoms with Crippen molar-refractivity contribution in [2.45, 2.75) is 61.2 Å². The third-order valence-electron chi connectivity index (χ3n) is 5.02. The van der Waals surface area contributed by atoms with E-state index in [1.54, 1.807) is 12.4 Å². The van der Waals surface area contributed by atoms with E-state index in [9.17, 15) is 0 Å². The molecule has 1 saturated carbocycles. The van der Waals surface area contributed by atoms with E-state index < -0.39 is 0 Å². The Kier molecular flexibility index (Phi) is 6.53. The maximum absolute atomic E-state index is 5.50. The molecular formula is C19H25N7S2. The van der Waals surface area contributed by atoms with Crippen LogP contribution in [0, 0.1) is 0 Å².